The molecule has 0 atom stereocenters. The predicted octanol–water partition coefficient (Wildman–Crippen LogP) is 4.02. The molecule has 0 aliphatic carbocycles. The van der Waals surface area contributed by atoms with Crippen LogP contribution >= 0.6 is 0 Å². The topological polar surface area (TPSA) is 61.1 Å². The standard InChI is InChI=1S/C17H14FNO2/c1-2-3-11-4-6-13(17(20)21)8-15(11)12-5-7-14(10-19)16(18)9-12/h4-9H,2-3H2,1H3,(H,20,21). The molecule has 106 valence electrons. The lowest BCUT2D eigenvalue weighted by Crippen LogP contribution is -1.99. The summed E-state index contributed by atoms with van der Waals surface area (Å²) >= 11 is 0. The van der Waals surface area contributed by atoms with Crippen LogP contribution in [0.1, 0.15) is 34.8 Å². The Morgan fingerprint density at radius 3 is 2.62 bits per heavy atom. The van der Waals surface area contributed by atoms with Gasteiger partial charge in [-0.15, -0.1) is 0 Å². The summed E-state index contributed by atoms with van der Waals surface area (Å²) in [5, 5.41) is 17.9. The van der Waals surface area contributed by atoms with Gasteiger partial charge in [0.2, 0.25) is 0 Å². The van der Waals surface area contributed by atoms with Gasteiger partial charge < -0.3 is 5.11 Å². The summed E-state index contributed by atoms with van der Waals surface area (Å²) < 4.78 is 13.8. The number of aromatic carboxylic acids is 1. The first-order valence-corrected chi connectivity index (χ1v) is 6.63. The van der Waals surface area contributed by atoms with Crippen LogP contribution in [0.3, 0.4) is 0 Å². The van der Waals surface area contributed by atoms with E-state index in [1.165, 1.54) is 12.1 Å². The van der Waals surface area contributed by atoms with Crippen LogP contribution in [-0.2, 0) is 6.42 Å². The summed E-state index contributed by atoms with van der Waals surface area (Å²) in [4.78, 5) is 11.1. The van der Waals surface area contributed by atoms with Gasteiger partial charge in [-0.2, -0.15) is 5.26 Å². The van der Waals surface area contributed by atoms with E-state index in [2.05, 4.69) is 0 Å². The Balaban J connectivity index is 2.59. The lowest BCUT2D eigenvalue weighted by molar-refractivity contribution is 0.0697. The first-order chi connectivity index (χ1) is 10.1. The van der Waals surface area contributed by atoms with E-state index in [0.29, 0.717) is 11.1 Å². The van der Waals surface area contributed by atoms with E-state index in [-0.39, 0.29) is 11.1 Å². The Morgan fingerprint density at radius 2 is 2.05 bits per heavy atom. The average molecular weight is 283 g/mol. The normalized spacial score (nSPS) is 10.1. The molecule has 4 heteroatoms. The minimum absolute atomic E-state index is 0.0230. The third-order valence-electron chi connectivity index (χ3n) is 3.28. The summed E-state index contributed by atoms with van der Waals surface area (Å²) in [5.74, 6) is -1.62. The van der Waals surface area contributed by atoms with Crippen LogP contribution in [0.25, 0.3) is 11.1 Å². The number of rotatable bonds is 4. The highest BCUT2D eigenvalue weighted by atomic mass is 19.1. The van der Waals surface area contributed by atoms with Gasteiger partial charge in [-0.25, -0.2) is 9.18 Å². The second kappa shape index (κ2) is 6.19. The molecule has 2 aromatic carbocycles. The highest BCUT2D eigenvalue weighted by molar-refractivity contribution is 5.90. The maximum absolute atomic E-state index is 13.8. The van der Waals surface area contributed by atoms with E-state index in [1.807, 2.05) is 6.92 Å². The van der Waals surface area contributed by atoms with Gasteiger partial charge in [0.25, 0.3) is 0 Å². The molecule has 0 fully saturated rings. The van der Waals surface area contributed by atoms with Crippen LogP contribution in [-0.4, -0.2) is 11.1 Å². The van der Waals surface area contributed by atoms with Gasteiger partial charge in [0, 0.05) is 0 Å². The number of nitriles is 1. The number of carbonyl (C=O) groups is 1. The highest BCUT2D eigenvalue weighted by Crippen LogP contribution is 2.28. The van der Waals surface area contributed by atoms with Crippen molar-refractivity contribution < 1.29 is 14.3 Å². The zero-order chi connectivity index (χ0) is 15.4. The molecule has 3 nitrogen and oxygen atoms in total. The molecule has 1 N–H and O–H groups in total. The van der Waals surface area contributed by atoms with Gasteiger partial charge in [0.05, 0.1) is 11.1 Å². The maximum Gasteiger partial charge on any atom is 0.335 e. The fourth-order valence-electron chi connectivity index (χ4n) is 2.24. The van der Waals surface area contributed by atoms with Crippen molar-refractivity contribution in [3.8, 4) is 17.2 Å². The molecule has 2 rings (SSSR count). The van der Waals surface area contributed by atoms with Crippen molar-refractivity contribution in [3.63, 3.8) is 0 Å². The average Bonchev–Trinajstić information content (AvgIpc) is 2.47. The van der Waals surface area contributed by atoms with Crippen molar-refractivity contribution in [3.05, 3.63) is 58.9 Å². The molecular weight excluding hydrogens is 269 g/mol. The number of benzene rings is 2. The Morgan fingerprint density at radius 1 is 1.29 bits per heavy atom. The van der Waals surface area contributed by atoms with Crippen LogP contribution in [0.5, 0.6) is 0 Å². The summed E-state index contributed by atoms with van der Waals surface area (Å²) in [6.45, 7) is 2.02. The van der Waals surface area contributed by atoms with Crippen molar-refractivity contribution >= 4 is 5.97 Å². The van der Waals surface area contributed by atoms with Crippen LogP contribution < -0.4 is 0 Å². The van der Waals surface area contributed by atoms with Gasteiger partial charge in [0.15, 0.2) is 0 Å². The Hall–Kier alpha value is -2.67. The Kier molecular flexibility index (Phi) is 4.34. The first-order valence-electron chi connectivity index (χ1n) is 6.63. The van der Waals surface area contributed by atoms with Crippen LogP contribution in [0.4, 0.5) is 4.39 Å². The highest BCUT2D eigenvalue weighted by Gasteiger charge is 2.12. The molecule has 0 aromatic heterocycles. The summed E-state index contributed by atoms with van der Waals surface area (Å²) in [7, 11) is 0. The lowest BCUT2D eigenvalue weighted by Gasteiger charge is -2.11. The van der Waals surface area contributed by atoms with Gasteiger partial charge in [-0.05, 0) is 47.4 Å². The molecule has 0 saturated carbocycles. The fraction of sp³-hybridized carbons (Fsp3) is 0.176. The predicted molar refractivity (Wildman–Crippen MR) is 77.5 cm³/mol. The lowest BCUT2D eigenvalue weighted by atomic mass is 9.94. The van der Waals surface area contributed by atoms with E-state index in [0.717, 1.165) is 18.4 Å². The Labute approximate surface area is 122 Å². The molecule has 0 saturated heterocycles. The molecule has 0 aliphatic heterocycles. The van der Waals surface area contributed by atoms with Crippen LogP contribution in [0, 0.1) is 17.1 Å². The molecule has 0 spiro atoms. The van der Waals surface area contributed by atoms with E-state index in [4.69, 9.17) is 10.4 Å². The number of aryl methyl sites for hydroxylation is 1. The van der Waals surface area contributed by atoms with Gasteiger partial charge >= 0.3 is 5.97 Å². The second-order valence-electron chi connectivity index (χ2n) is 4.73. The number of hydrogen-bond acceptors (Lipinski definition) is 2. The largest absolute Gasteiger partial charge is 0.478 e. The van der Waals surface area contributed by atoms with E-state index < -0.39 is 11.8 Å². The first kappa shape index (κ1) is 14.7. The number of carboxylic acid groups (broad SMARTS) is 1. The SMILES string of the molecule is CCCc1ccc(C(=O)O)cc1-c1ccc(C#N)c(F)c1. The second-order valence-corrected chi connectivity index (χ2v) is 4.73. The van der Waals surface area contributed by atoms with E-state index >= 15 is 0 Å². The number of halogens is 1. The zero-order valence-electron chi connectivity index (χ0n) is 11.6. The molecule has 21 heavy (non-hydrogen) atoms. The minimum Gasteiger partial charge on any atom is -0.478 e. The molecule has 0 heterocycles. The van der Waals surface area contributed by atoms with Crippen molar-refractivity contribution in [2.24, 2.45) is 0 Å². The monoisotopic (exact) mass is 283 g/mol. The van der Waals surface area contributed by atoms with E-state index in [9.17, 15) is 9.18 Å². The molecule has 0 aliphatic rings. The summed E-state index contributed by atoms with van der Waals surface area (Å²) in [6, 6.07) is 11.0. The van der Waals surface area contributed by atoms with Gasteiger partial charge in [0.1, 0.15) is 11.9 Å². The molecular formula is C17H14FNO2. The maximum atomic E-state index is 13.8. The quantitative estimate of drug-likeness (QED) is 0.922. The van der Waals surface area contributed by atoms with Gasteiger partial charge in [-0.3, -0.25) is 0 Å². The number of hydrogen-bond donors (Lipinski definition) is 1. The van der Waals surface area contributed by atoms with Crippen molar-refractivity contribution in [1.29, 1.82) is 5.26 Å². The van der Waals surface area contributed by atoms with Crippen molar-refractivity contribution in [2.75, 3.05) is 0 Å². The number of carboxylic acids is 1. The van der Waals surface area contributed by atoms with Gasteiger partial charge in [-0.1, -0.05) is 25.5 Å². The van der Waals surface area contributed by atoms with Crippen LogP contribution in [0.2, 0.25) is 0 Å². The fourth-order valence-corrected chi connectivity index (χ4v) is 2.24. The molecule has 0 unspecified atom stereocenters. The Bertz CT molecular complexity index is 732. The summed E-state index contributed by atoms with van der Waals surface area (Å²) in [5.41, 5.74) is 2.38. The van der Waals surface area contributed by atoms with Crippen LogP contribution in [0.15, 0.2) is 36.4 Å². The molecule has 0 amide bonds. The zero-order valence-corrected chi connectivity index (χ0v) is 11.6. The third kappa shape index (κ3) is 3.09. The minimum atomic E-state index is -1.02. The molecule has 2 aromatic rings. The smallest absolute Gasteiger partial charge is 0.335 e. The van der Waals surface area contributed by atoms with Crippen molar-refractivity contribution in [2.45, 2.75) is 19.8 Å². The number of nitrogens with zero attached hydrogens (tertiary/aromatic N) is 1. The summed E-state index contributed by atoms with van der Waals surface area (Å²) in [6.07, 6.45) is 1.68. The molecule has 0 bridgehead atoms. The van der Waals surface area contributed by atoms with Crippen molar-refractivity contribution in [1.82, 2.24) is 0 Å². The molecule has 0 radical (unpaired) electrons. The van der Waals surface area contributed by atoms with E-state index in [1.54, 1.807) is 30.3 Å². The third-order valence-corrected chi connectivity index (χ3v) is 3.28.